The first-order chi connectivity index (χ1) is 5.75. The number of nitrogens with one attached hydrogen (secondary N) is 1. The van der Waals surface area contributed by atoms with Gasteiger partial charge in [0.2, 0.25) is 0 Å². The maximum Gasteiger partial charge on any atom is 0.322 e. The Morgan fingerprint density at radius 3 is 2.58 bits per heavy atom. The molecule has 1 fully saturated rings. The monoisotopic (exact) mass is 172 g/mol. The van der Waals surface area contributed by atoms with Crippen LogP contribution in [0.1, 0.15) is 6.92 Å². The van der Waals surface area contributed by atoms with E-state index in [0.717, 1.165) is 26.2 Å². The average molecular weight is 172 g/mol. The molecule has 70 valence electrons. The number of nitrogens with zero attached hydrogens (tertiary/aromatic N) is 1. The van der Waals surface area contributed by atoms with Crippen molar-refractivity contribution in [2.24, 2.45) is 0 Å². The van der Waals surface area contributed by atoms with Crippen LogP contribution in [0.15, 0.2) is 0 Å². The summed E-state index contributed by atoms with van der Waals surface area (Å²) in [5.41, 5.74) is 0. The molecule has 4 heteroatoms. The van der Waals surface area contributed by atoms with Gasteiger partial charge in [0.15, 0.2) is 0 Å². The molecular weight excluding hydrogens is 156 g/mol. The van der Waals surface area contributed by atoms with Crippen LogP contribution in [-0.2, 0) is 9.53 Å². The fourth-order valence-corrected chi connectivity index (χ4v) is 1.39. The number of methoxy groups -OCH3 is 1. The lowest BCUT2D eigenvalue weighted by Gasteiger charge is -2.30. The number of ether oxygens (including phenoxy) is 1. The molecule has 0 aliphatic carbocycles. The molecule has 1 N–H and O–H groups in total. The predicted molar refractivity (Wildman–Crippen MR) is 45.9 cm³/mol. The second kappa shape index (κ2) is 4.42. The molecule has 0 bridgehead atoms. The highest BCUT2D eigenvalue weighted by atomic mass is 16.5. The Labute approximate surface area is 72.9 Å². The molecule has 0 spiro atoms. The Balaban J connectivity index is 2.39. The van der Waals surface area contributed by atoms with Crippen LogP contribution >= 0.6 is 0 Å². The maximum atomic E-state index is 11.1. The van der Waals surface area contributed by atoms with Crippen LogP contribution in [0.3, 0.4) is 0 Å². The van der Waals surface area contributed by atoms with E-state index in [9.17, 15) is 4.79 Å². The summed E-state index contributed by atoms with van der Waals surface area (Å²) in [6.07, 6.45) is 0. The summed E-state index contributed by atoms with van der Waals surface area (Å²) in [6, 6.07) is -0.0999. The average Bonchev–Trinajstić information content (AvgIpc) is 2.17. The second-order valence-corrected chi connectivity index (χ2v) is 2.99. The van der Waals surface area contributed by atoms with E-state index in [1.165, 1.54) is 7.11 Å². The lowest BCUT2D eigenvalue weighted by molar-refractivity contribution is -0.146. The summed E-state index contributed by atoms with van der Waals surface area (Å²) < 4.78 is 4.66. The first-order valence-corrected chi connectivity index (χ1v) is 4.28. The Hall–Kier alpha value is -0.610. The van der Waals surface area contributed by atoms with Crippen LogP contribution in [0.2, 0.25) is 0 Å². The molecule has 1 atom stereocenters. The molecule has 0 aromatic rings. The lowest BCUT2D eigenvalue weighted by atomic mass is 10.2. The van der Waals surface area contributed by atoms with Crippen molar-refractivity contribution in [3.8, 4) is 0 Å². The van der Waals surface area contributed by atoms with E-state index >= 15 is 0 Å². The topological polar surface area (TPSA) is 41.6 Å². The molecule has 0 aromatic carbocycles. The van der Waals surface area contributed by atoms with Crippen LogP contribution in [-0.4, -0.2) is 50.2 Å². The van der Waals surface area contributed by atoms with Gasteiger partial charge in [-0.1, -0.05) is 0 Å². The molecule has 1 heterocycles. The Kier molecular flexibility index (Phi) is 3.49. The first kappa shape index (κ1) is 9.48. The van der Waals surface area contributed by atoms with E-state index in [4.69, 9.17) is 0 Å². The van der Waals surface area contributed by atoms with Gasteiger partial charge in [-0.15, -0.1) is 0 Å². The molecule has 0 radical (unpaired) electrons. The van der Waals surface area contributed by atoms with E-state index in [2.05, 4.69) is 15.0 Å². The summed E-state index contributed by atoms with van der Waals surface area (Å²) in [5.74, 6) is -0.142. The van der Waals surface area contributed by atoms with Crippen molar-refractivity contribution in [1.29, 1.82) is 0 Å². The number of rotatable bonds is 2. The predicted octanol–water partition coefficient (Wildman–Crippen LogP) is -0.547. The zero-order chi connectivity index (χ0) is 8.97. The van der Waals surface area contributed by atoms with Gasteiger partial charge in [-0.3, -0.25) is 9.69 Å². The second-order valence-electron chi connectivity index (χ2n) is 2.99. The van der Waals surface area contributed by atoms with Gasteiger partial charge >= 0.3 is 5.97 Å². The van der Waals surface area contributed by atoms with Crippen molar-refractivity contribution >= 4 is 5.97 Å². The van der Waals surface area contributed by atoms with Crippen molar-refractivity contribution in [2.75, 3.05) is 33.3 Å². The summed E-state index contributed by atoms with van der Waals surface area (Å²) in [5, 5.41) is 3.23. The third kappa shape index (κ3) is 2.19. The highest BCUT2D eigenvalue weighted by Gasteiger charge is 2.22. The van der Waals surface area contributed by atoms with Crippen LogP contribution < -0.4 is 5.32 Å². The van der Waals surface area contributed by atoms with Gasteiger partial charge in [0.1, 0.15) is 6.04 Å². The van der Waals surface area contributed by atoms with Gasteiger partial charge in [0.05, 0.1) is 7.11 Å². The normalized spacial score (nSPS) is 21.8. The Morgan fingerprint density at radius 1 is 1.50 bits per heavy atom. The van der Waals surface area contributed by atoms with E-state index in [0.29, 0.717) is 0 Å². The highest BCUT2D eigenvalue weighted by molar-refractivity contribution is 5.75. The third-order valence-electron chi connectivity index (χ3n) is 2.24. The molecule has 0 amide bonds. The van der Waals surface area contributed by atoms with Crippen molar-refractivity contribution < 1.29 is 9.53 Å². The van der Waals surface area contributed by atoms with Crippen LogP contribution in [0, 0.1) is 0 Å². The standard InChI is InChI=1S/C8H16N2O2/c1-7(8(11)12-2)10-5-3-9-4-6-10/h7,9H,3-6H2,1-2H3. The molecule has 1 aliphatic rings. The highest BCUT2D eigenvalue weighted by Crippen LogP contribution is 2.01. The van der Waals surface area contributed by atoms with Gasteiger partial charge in [-0.2, -0.15) is 0 Å². The number of hydrogen-bond acceptors (Lipinski definition) is 4. The van der Waals surface area contributed by atoms with Crippen molar-refractivity contribution in [1.82, 2.24) is 10.2 Å². The fourth-order valence-electron chi connectivity index (χ4n) is 1.39. The number of carbonyl (C=O) groups excluding carboxylic acids is 1. The smallest absolute Gasteiger partial charge is 0.322 e. The van der Waals surface area contributed by atoms with E-state index in [1.807, 2.05) is 6.92 Å². The molecule has 1 aliphatic heterocycles. The minimum Gasteiger partial charge on any atom is -0.468 e. The van der Waals surface area contributed by atoms with Gasteiger partial charge < -0.3 is 10.1 Å². The zero-order valence-electron chi connectivity index (χ0n) is 7.67. The molecule has 12 heavy (non-hydrogen) atoms. The van der Waals surface area contributed by atoms with Crippen molar-refractivity contribution in [3.05, 3.63) is 0 Å². The molecule has 1 saturated heterocycles. The third-order valence-corrected chi connectivity index (χ3v) is 2.24. The van der Waals surface area contributed by atoms with Crippen molar-refractivity contribution in [3.63, 3.8) is 0 Å². The number of piperazine rings is 1. The van der Waals surface area contributed by atoms with Crippen LogP contribution in [0.4, 0.5) is 0 Å². The maximum absolute atomic E-state index is 11.1. The van der Waals surface area contributed by atoms with Crippen LogP contribution in [0.25, 0.3) is 0 Å². The SMILES string of the molecule is COC(=O)C(C)N1CCNCC1. The molecule has 4 nitrogen and oxygen atoms in total. The fraction of sp³-hybridized carbons (Fsp3) is 0.875. The molecule has 1 rings (SSSR count). The Bertz CT molecular complexity index is 155. The van der Waals surface area contributed by atoms with E-state index in [-0.39, 0.29) is 12.0 Å². The van der Waals surface area contributed by atoms with E-state index < -0.39 is 0 Å². The molecule has 0 saturated carbocycles. The van der Waals surface area contributed by atoms with Crippen molar-refractivity contribution in [2.45, 2.75) is 13.0 Å². The van der Waals surface area contributed by atoms with Gasteiger partial charge in [-0.05, 0) is 6.92 Å². The summed E-state index contributed by atoms with van der Waals surface area (Å²) in [7, 11) is 1.43. The first-order valence-electron chi connectivity index (χ1n) is 4.28. The molecule has 1 unspecified atom stereocenters. The molecular formula is C8H16N2O2. The number of carbonyl (C=O) groups is 1. The summed E-state index contributed by atoms with van der Waals surface area (Å²) in [6.45, 7) is 5.66. The summed E-state index contributed by atoms with van der Waals surface area (Å²) in [4.78, 5) is 13.3. The Morgan fingerprint density at radius 2 is 2.08 bits per heavy atom. The van der Waals surface area contributed by atoms with Crippen LogP contribution in [0.5, 0.6) is 0 Å². The van der Waals surface area contributed by atoms with Gasteiger partial charge in [0, 0.05) is 26.2 Å². The number of hydrogen-bond donors (Lipinski definition) is 1. The van der Waals surface area contributed by atoms with E-state index in [1.54, 1.807) is 0 Å². The zero-order valence-corrected chi connectivity index (χ0v) is 7.67. The lowest BCUT2D eigenvalue weighted by Crippen LogP contribution is -2.50. The number of esters is 1. The quantitative estimate of drug-likeness (QED) is 0.568. The minimum absolute atomic E-state index is 0.0999. The van der Waals surface area contributed by atoms with Gasteiger partial charge in [0.25, 0.3) is 0 Å². The minimum atomic E-state index is -0.142. The van der Waals surface area contributed by atoms with Gasteiger partial charge in [-0.25, -0.2) is 0 Å². The molecule has 0 aromatic heterocycles. The summed E-state index contributed by atoms with van der Waals surface area (Å²) >= 11 is 0. The largest absolute Gasteiger partial charge is 0.468 e.